The predicted octanol–water partition coefficient (Wildman–Crippen LogP) is 2.11. The highest BCUT2D eigenvalue weighted by Gasteiger charge is 2.54. The lowest BCUT2D eigenvalue weighted by molar-refractivity contribution is -0.147. The summed E-state index contributed by atoms with van der Waals surface area (Å²) in [6.07, 6.45) is 3.90. The van der Waals surface area contributed by atoms with E-state index in [-0.39, 0.29) is 23.1 Å². The van der Waals surface area contributed by atoms with Gasteiger partial charge in [-0.2, -0.15) is 0 Å². The Bertz CT molecular complexity index is 324. The van der Waals surface area contributed by atoms with Crippen molar-refractivity contribution in [2.45, 2.75) is 46.5 Å². The maximum absolute atomic E-state index is 12.0. The lowest BCUT2D eigenvalue weighted by Gasteiger charge is -2.45. The van der Waals surface area contributed by atoms with Crippen molar-refractivity contribution in [1.29, 1.82) is 0 Å². The molecule has 1 heterocycles. The minimum atomic E-state index is -0.0735. The summed E-state index contributed by atoms with van der Waals surface area (Å²) in [6, 6.07) is 0. The van der Waals surface area contributed by atoms with Crippen LogP contribution >= 0.6 is 0 Å². The van der Waals surface area contributed by atoms with Crippen LogP contribution in [0.3, 0.4) is 0 Å². The number of imide groups is 1. The van der Waals surface area contributed by atoms with Crippen molar-refractivity contribution in [2.24, 2.45) is 23.2 Å². The van der Waals surface area contributed by atoms with Gasteiger partial charge in [0.1, 0.15) is 0 Å². The van der Waals surface area contributed by atoms with Gasteiger partial charge in [0.15, 0.2) is 0 Å². The Labute approximate surface area is 97.0 Å². The summed E-state index contributed by atoms with van der Waals surface area (Å²) >= 11 is 0. The molecule has 1 aliphatic carbocycles. The number of carbonyl (C=O) groups excluding carboxylic acids is 2. The van der Waals surface area contributed by atoms with Gasteiger partial charge in [0.2, 0.25) is 11.8 Å². The van der Waals surface area contributed by atoms with Gasteiger partial charge in [-0.25, -0.2) is 0 Å². The third-order valence-corrected chi connectivity index (χ3v) is 4.58. The van der Waals surface area contributed by atoms with E-state index in [0.717, 1.165) is 19.3 Å². The minimum absolute atomic E-state index is 0.0164. The summed E-state index contributed by atoms with van der Waals surface area (Å²) in [6.45, 7) is 6.38. The monoisotopic (exact) mass is 223 g/mol. The molecule has 3 atom stereocenters. The minimum Gasteiger partial charge on any atom is -0.296 e. The van der Waals surface area contributed by atoms with Crippen molar-refractivity contribution in [3.63, 3.8) is 0 Å². The van der Waals surface area contributed by atoms with E-state index in [9.17, 15) is 9.59 Å². The first kappa shape index (κ1) is 11.6. The van der Waals surface area contributed by atoms with E-state index < -0.39 is 0 Å². The predicted molar refractivity (Wildman–Crippen MR) is 61.5 cm³/mol. The van der Waals surface area contributed by atoms with Gasteiger partial charge < -0.3 is 0 Å². The number of carbonyl (C=O) groups is 2. The molecule has 0 aromatic rings. The maximum Gasteiger partial charge on any atom is 0.230 e. The molecule has 1 aliphatic heterocycles. The molecule has 1 N–H and O–H groups in total. The van der Waals surface area contributed by atoms with Crippen LogP contribution in [0.4, 0.5) is 0 Å². The lowest BCUT2D eigenvalue weighted by Crippen LogP contribution is -2.55. The molecular weight excluding hydrogens is 202 g/mol. The molecule has 3 unspecified atom stereocenters. The molecular formula is C13H21NO2. The van der Waals surface area contributed by atoms with Crippen LogP contribution in [-0.4, -0.2) is 11.8 Å². The van der Waals surface area contributed by atoms with Gasteiger partial charge in [-0.3, -0.25) is 14.9 Å². The molecule has 16 heavy (non-hydrogen) atoms. The number of amides is 2. The van der Waals surface area contributed by atoms with Crippen molar-refractivity contribution in [2.75, 3.05) is 0 Å². The molecule has 2 aliphatic rings. The first-order valence-corrected chi connectivity index (χ1v) is 6.31. The van der Waals surface area contributed by atoms with Crippen LogP contribution in [0.2, 0.25) is 0 Å². The van der Waals surface area contributed by atoms with Crippen LogP contribution in [0.5, 0.6) is 0 Å². The summed E-state index contributed by atoms with van der Waals surface area (Å²) < 4.78 is 0. The first-order chi connectivity index (χ1) is 7.47. The molecule has 2 amide bonds. The Morgan fingerprint density at radius 2 is 2.06 bits per heavy atom. The van der Waals surface area contributed by atoms with E-state index in [0.29, 0.717) is 18.3 Å². The molecule has 1 saturated carbocycles. The zero-order chi connectivity index (χ0) is 11.9. The molecule has 0 bridgehead atoms. The molecule has 0 aromatic heterocycles. The summed E-state index contributed by atoms with van der Waals surface area (Å²) in [5.41, 5.74) is -0.0480. The second-order valence-electron chi connectivity index (χ2n) is 5.84. The Morgan fingerprint density at radius 1 is 1.38 bits per heavy atom. The van der Waals surface area contributed by atoms with Crippen molar-refractivity contribution in [3.05, 3.63) is 0 Å². The van der Waals surface area contributed by atoms with Gasteiger partial charge in [0.05, 0.1) is 0 Å². The largest absolute Gasteiger partial charge is 0.296 e. The molecule has 1 spiro atoms. The van der Waals surface area contributed by atoms with Gasteiger partial charge in [-0.15, -0.1) is 0 Å². The normalized spacial score (nSPS) is 39.5. The summed E-state index contributed by atoms with van der Waals surface area (Å²) in [5.74, 6) is 0.710. The molecule has 3 nitrogen and oxygen atoms in total. The van der Waals surface area contributed by atoms with Crippen LogP contribution in [0.1, 0.15) is 46.5 Å². The smallest absolute Gasteiger partial charge is 0.230 e. The summed E-state index contributed by atoms with van der Waals surface area (Å²) in [4.78, 5) is 23.6. The zero-order valence-corrected chi connectivity index (χ0v) is 10.4. The highest BCUT2D eigenvalue weighted by molar-refractivity contribution is 6.00. The van der Waals surface area contributed by atoms with Gasteiger partial charge in [-0.05, 0) is 23.7 Å². The number of hydrogen-bond acceptors (Lipinski definition) is 2. The van der Waals surface area contributed by atoms with Crippen molar-refractivity contribution < 1.29 is 9.59 Å². The highest BCUT2D eigenvalue weighted by atomic mass is 16.2. The Balaban J connectivity index is 2.37. The molecule has 2 fully saturated rings. The topological polar surface area (TPSA) is 46.2 Å². The van der Waals surface area contributed by atoms with E-state index >= 15 is 0 Å². The highest BCUT2D eigenvalue weighted by Crippen LogP contribution is 2.54. The number of piperidine rings is 1. The quantitative estimate of drug-likeness (QED) is 0.692. The van der Waals surface area contributed by atoms with E-state index in [1.165, 1.54) is 0 Å². The Morgan fingerprint density at radius 3 is 2.56 bits per heavy atom. The average Bonchev–Trinajstić information content (AvgIpc) is 2.45. The van der Waals surface area contributed by atoms with E-state index in [1.807, 2.05) is 0 Å². The van der Waals surface area contributed by atoms with Crippen molar-refractivity contribution in [3.8, 4) is 0 Å². The van der Waals surface area contributed by atoms with E-state index in [4.69, 9.17) is 0 Å². The summed E-state index contributed by atoms with van der Waals surface area (Å²) in [5, 5.41) is 2.50. The molecule has 0 radical (unpaired) electrons. The van der Waals surface area contributed by atoms with E-state index in [2.05, 4.69) is 26.1 Å². The maximum atomic E-state index is 12.0. The molecule has 90 valence electrons. The van der Waals surface area contributed by atoms with Gasteiger partial charge >= 0.3 is 0 Å². The lowest BCUT2D eigenvalue weighted by atomic mass is 9.61. The van der Waals surface area contributed by atoms with Crippen LogP contribution in [0.25, 0.3) is 0 Å². The molecule has 0 aromatic carbocycles. The molecule has 3 heteroatoms. The Hall–Kier alpha value is -0.860. The van der Waals surface area contributed by atoms with Gasteiger partial charge in [0, 0.05) is 12.3 Å². The molecule has 2 rings (SSSR count). The van der Waals surface area contributed by atoms with Crippen molar-refractivity contribution >= 4 is 11.8 Å². The SMILES string of the molecule is CC(C)C1C(=O)NC(=O)CC12CCCC2C. The standard InChI is InChI=1S/C13H21NO2/c1-8(2)11-12(16)14-10(15)7-13(11)6-4-5-9(13)3/h8-9,11H,4-7H2,1-3H3,(H,14,15,16). The third kappa shape index (κ3) is 1.57. The van der Waals surface area contributed by atoms with E-state index in [1.54, 1.807) is 0 Å². The fourth-order valence-electron chi connectivity index (χ4n) is 3.89. The van der Waals surface area contributed by atoms with Gasteiger partial charge in [0.25, 0.3) is 0 Å². The Kier molecular flexibility index (Phi) is 2.81. The second-order valence-corrected chi connectivity index (χ2v) is 5.84. The van der Waals surface area contributed by atoms with Crippen LogP contribution in [-0.2, 0) is 9.59 Å². The number of nitrogens with one attached hydrogen (secondary N) is 1. The third-order valence-electron chi connectivity index (χ3n) is 4.58. The number of hydrogen-bond donors (Lipinski definition) is 1. The van der Waals surface area contributed by atoms with Crippen LogP contribution in [0, 0.1) is 23.2 Å². The average molecular weight is 223 g/mol. The fourth-order valence-corrected chi connectivity index (χ4v) is 3.89. The molecule has 1 saturated heterocycles. The summed E-state index contributed by atoms with van der Waals surface area (Å²) in [7, 11) is 0. The van der Waals surface area contributed by atoms with Crippen LogP contribution in [0.15, 0.2) is 0 Å². The number of rotatable bonds is 1. The first-order valence-electron chi connectivity index (χ1n) is 6.31. The fraction of sp³-hybridized carbons (Fsp3) is 0.846. The zero-order valence-electron chi connectivity index (χ0n) is 10.4. The van der Waals surface area contributed by atoms with Gasteiger partial charge in [-0.1, -0.05) is 33.6 Å². The second kappa shape index (κ2) is 3.86. The van der Waals surface area contributed by atoms with Crippen LogP contribution < -0.4 is 5.32 Å². The van der Waals surface area contributed by atoms with Crippen molar-refractivity contribution in [1.82, 2.24) is 5.32 Å².